The fraction of sp³-hybridized carbons (Fsp3) is 0.667. The van der Waals surface area contributed by atoms with Gasteiger partial charge in [0.05, 0.1) is 25.5 Å². The van der Waals surface area contributed by atoms with Crippen LogP contribution in [0.2, 0.25) is 18.1 Å². The lowest BCUT2D eigenvalue weighted by Crippen LogP contribution is -2.44. The van der Waals surface area contributed by atoms with Crippen molar-refractivity contribution in [1.82, 2.24) is 9.88 Å². The summed E-state index contributed by atoms with van der Waals surface area (Å²) in [7, 11) is -0.300. The Morgan fingerprint density at radius 3 is 2.19 bits per heavy atom. The Morgan fingerprint density at radius 1 is 1.02 bits per heavy atom. The van der Waals surface area contributed by atoms with Crippen LogP contribution in [0.4, 0.5) is 4.79 Å². The molecule has 43 heavy (non-hydrogen) atoms. The van der Waals surface area contributed by atoms with Crippen molar-refractivity contribution in [2.45, 2.75) is 124 Å². The van der Waals surface area contributed by atoms with Crippen LogP contribution >= 0.6 is 11.3 Å². The highest BCUT2D eigenvalue weighted by atomic mass is 32.1. The Hall–Kier alpha value is -2.27. The lowest BCUT2D eigenvalue weighted by atomic mass is 9.96. The first-order valence-electron chi connectivity index (χ1n) is 15.2. The Kier molecular flexibility index (Phi) is 13.4. The second kappa shape index (κ2) is 15.6. The number of rotatable bonds is 14. The molecule has 0 aliphatic rings. The third-order valence-electron chi connectivity index (χ3n) is 7.74. The van der Waals surface area contributed by atoms with E-state index < -0.39 is 32.1 Å². The molecule has 1 heterocycles. The molecule has 0 aliphatic heterocycles. The van der Waals surface area contributed by atoms with E-state index >= 15 is 0 Å². The zero-order valence-corrected chi connectivity index (χ0v) is 30.2. The zero-order valence-electron chi connectivity index (χ0n) is 28.4. The Morgan fingerprint density at radius 2 is 1.65 bits per heavy atom. The summed E-state index contributed by atoms with van der Waals surface area (Å²) in [6.45, 7) is 23.6. The summed E-state index contributed by atoms with van der Waals surface area (Å²) in [6, 6.07) is 9.85. The maximum atomic E-state index is 13.0. The number of benzene rings is 1. The average Bonchev–Trinajstić information content (AvgIpc) is 3.29. The summed E-state index contributed by atoms with van der Waals surface area (Å²) in [4.78, 5) is 32.9. The quantitative estimate of drug-likeness (QED) is 0.117. The summed E-state index contributed by atoms with van der Waals surface area (Å²) in [5.74, 6) is -0.308. The van der Waals surface area contributed by atoms with E-state index in [-0.39, 0.29) is 17.0 Å². The molecule has 1 aromatic carbocycles. The van der Waals surface area contributed by atoms with Gasteiger partial charge in [-0.05, 0) is 50.4 Å². The molecule has 1 amide bonds. The summed E-state index contributed by atoms with van der Waals surface area (Å²) in [5.41, 5.74) is 1.36. The van der Waals surface area contributed by atoms with Crippen molar-refractivity contribution in [1.29, 1.82) is 0 Å². The van der Waals surface area contributed by atoms with Crippen molar-refractivity contribution in [2.24, 2.45) is 5.92 Å². The van der Waals surface area contributed by atoms with Gasteiger partial charge in [-0.15, -0.1) is 11.3 Å². The number of hydrogen-bond acceptors (Lipinski definition) is 8. The van der Waals surface area contributed by atoms with Crippen molar-refractivity contribution in [3.63, 3.8) is 0 Å². The number of nitrogens with zero attached hydrogens (tertiary/aromatic N) is 2. The summed E-state index contributed by atoms with van der Waals surface area (Å²) in [6.07, 6.45) is 0.0309. The van der Waals surface area contributed by atoms with Gasteiger partial charge in [0.2, 0.25) is 0 Å². The molecule has 2 rings (SSSR count). The minimum absolute atomic E-state index is 0.0574. The molecule has 8 nitrogen and oxygen atoms in total. The van der Waals surface area contributed by atoms with Gasteiger partial charge in [0, 0.05) is 37.7 Å². The predicted octanol–water partition coefficient (Wildman–Crippen LogP) is 8.31. The molecule has 242 valence electrons. The van der Waals surface area contributed by atoms with Gasteiger partial charge in [-0.25, -0.2) is 9.78 Å². The molecule has 2 aromatic rings. The van der Waals surface area contributed by atoms with Crippen LogP contribution in [0.25, 0.3) is 0 Å². The predicted molar refractivity (Wildman–Crippen MR) is 176 cm³/mol. The van der Waals surface area contributed by atoms with Crippen LogP contribution in [0.1, 0.15) is 96.0 Å². The average molecular weight is 635 g/mol. The van der Waals surface area contributed by atoms with Crippen molar-refractivity contribution < 1.29 is 28.2 Å². The van der Waals surface area contributed by atoms with Gasteiger partial charge in [0.25, 0.3) is 0 Å². The van der Waals surface area contributed by atoms with Crippen molar-refractivity contribution in [2.75, 3.05) is 13.7 Å². The lowest BCUT2D eigenvalue weighted by molar-refractivity contribution is -0.147. The van der Waals surface area contributed by atoms with Crippen LogP contribution in [0.15, 0.2) is 30.3 Å². The van der Waals surface area contributed by atoms with E-state index in [0.29, 0.717) is 37.7 Å². The second-order valence-corrected chi connectivity index (χ2v) is 19.9. The Labute approximate surface area is 264 Å². The largest absolute Gasteiger partial charge is 0.455 e. The maximum Gasteiger partial charge on any atom is 0.410 e. The first kappa shape index (κ1) is 36.9. The highest BCUT2D eigenvalue weighted by Gasteiger charge is 2.38. The highest BCUT2D eigenvalue weighted by molar-refractivity contribution is 7.11. The Bertz CT molecular complexity index is 1170. The van der Waals surface area contributed by atoms with E-state index in [1.165, 1.54) is 18.3 Å². The fourth-order valence-corrected chi connectivity index (χ4v) is 6.23. The van der Waals surface area contributed by atoms with Crippen LogP contribution in [0.3, 0.4) is 0 Å². The minimum Gasteiger partial charge on any atom is -0.455 e. The summed E-state index contributed by atoms with van der Waals surface area (Å²) >= 11 is 1.53. The lowest BCUT2D eigenvalue weighted by Gasteiger charge is -2.36. The number of carbonyl (C=O) groups excluding carboxylic acids is 2. The van der Waals surface area contributed by atoms with E-state index in [1.807, 2.05) is 65.0 Å². The van der Waals surface area contributed by atoms with Gasteiger partial charge < -0.3 is 23.5 Å². The number of amides is 1. The molecule has 0 fully saturated rings. The van der Waals surface area contributed by atoms with Crippen LogP contribution < -0.4 is 0 Å². The molecular weight excluding hydrogens is 581 g/mol. The van der Waals surface area contributed by atoms with Gasteiger partial charge in [-0.2, -0.15) is 0 Å². The molecule has 0 aliphatic carbocycles. The standard InChI is InChI=1S/C33H54N2O6SSi/c1-23(2)27(35(10)31(37)41-32(4,5)6)20-28(40-24(3)36)30-34-26(22-39-43(11,12)33(7,8)9)29(42-30)18-19-38-21-25-16-14-13-15-17-25/h13-17,23,27-28H,18-22H2,1-12H3/t27-,28+/m0/s1. The number of aromatic nitrogens is 1. The number of hydrogen-bond donors (Lipinski definition) is 0. The van der Waals surface area contributed by atoms with Gasteiger partial charge in [-0.3, -0.25) is 4.79 Å². The number of esters is 1. The molecule has 0 unspecified atom stereocenters. The SMILES string of the molecule is CC(=O)O[C@H](C[C@@H](C(C)C)N(C)C(=O)OC(C)(C)C)c1nc(CO[Si](C)(C)C(C)(C)C)c(CCOCc2ccccc2)s1. The molecule has 0 saturated carbocycles. The van der Waals surface area contributed by atoms with E-state index in [2.05, 4.69) is 33.9 Å². The molecule has 0 N–H and O–H groups in total. The van der Waals surface area contributed by atoms with E-state index in [0.717, 1.165) is 16.1 Å². The molecule has 10 heteroatoms. The van der Waals surface area contributed by atoms with Crippen LogP contribution in [0, 0.1) is 5.92 Å². The minimum atomic E-state index is -2.04. The molecule has 0 bridgehead atoms. The van der Waals surface area contributed by atoms with Gasteiger partial charge in [-0.1, -0.05) is 65.0 Å². The second-order valence-electron chi connectivity index (χ2n) is 14.0. The van der Waals surface area contributed by atoms with Crippen LogP contribution in [-0.2, 0) is 43.1 Å². The molecular formula is C33H54N2O6SSi. The van der Waals surface area contributed by atoms with E-state index in [9.17, 15) is 9.59 Å². The van der Waals surface area contributed by atoms with Crippen LogP contribution in [-0.4, -0.2) is 55.6 Å². The number of thiazole rings is 1. The molecule has 1 aromatic heterocycles. The fourth-order valence-electron chi connectivity index (χ4n) is 4.21. The first-order chi connectivity index (χ1) is 19.8. The third kappa shape index (κ3) is 12.0. The normalized spacial score (nSPS) is 14.0. The monoisotopic (exact) mass is 634 g/mol. The van der Waals surface area contributed by atoms with Crippen molar-refractivity contribution in [3.8, 4) is 0 Å². The van der Waals surface area contributed by atoms with E-state index in [4.69, 9.17) is 23.6 Å². The molecule has 0 saturated heterocycles. The number of carbonyl (C=O) groups is 2. The van der Waals surface area contributed by atoms with Gasteiger partial charge >= 0.3 is 12.1 Å². The Balaban J connectivity index is 2.35. The van der Waals surface area contributed by atoms with Crippen molar-refractivity contribution >= 4 is 31.7 Å². The third-order valence-corrected chi connectivity index (χ3v) is 13.5. The zero-order chi connectivity index (χ0) is 32.6. The highest BCUT2D eigenvalue weighted by Crippen LogP contribution is 2.38. The summed E-state index contributed by atoms with van der Waals surface area (Å²) < 4.78 is 24.1. The maximum absolute atomic E-state index is 13.0. The number of ether oxygens (including phenoxy) is 3. The first-order valence-corrected chi connectivity index (χ1v) is 18.9. The molecule has 0 spiro atoms. The molecule has 2 atom stereocenters. The summed E-state index contributed by atoms with van der Waals surface area (Å²) in [5, 5.41) is 0.757. The smallest absolute Gasteiger partial charge is 0.410 e. The van der Waals surface area contributed by atoms with Gasteiger partial charge in [0.15, 0.2) is 14.4 Å². The van der Waals surface area contributed by atoms with Crippen LogP contribution in [0.5, 0.6) is 0 Å². The topological polar surface area (TPSA) is 87.2 Å². The van der Waals surface area contributed by atoms with Crippen molar-refractivity contribution in [3.05, 3.63) is 51.5 Å². The molecule has 0 radical (unpaired) electrons. The van der Waals surface area contributed by atoms with Gasteiger partial charge in [0.1, 0.15) is 10.6 Å². The van der Waals surface area contributed by atoms with E-state index in [1.54, 1.807) is 11.9 Å².